The van der Waals surface area contributed by atoms with Crippen molar-refractivity contribution >= 4 is 28.9 Å². The Labute approximate surface area is 127 Å². The highest BCUT2D eigenvalue weighted by atomic mass is 35.5. The van der Waals surface area contributed by atoms with E-state index in [1.807, 2.05) is 4.90 Å². The fourth-order valence-electron chi connectivity index (χ4n) is 2.69. The predicted octanol–water partition coefficient (Wildman–Crippen LogP) is 3.33. The molecule has 0 bridgehead atoms. The van der Waals surface area contributed by atoms with Gasteiger partial charge in [-0.1, -0.05) is 11.6 Å². The summed E-state index contributed by atoms with van der Waals surface area (Å²) in [5.41, 5.74) is 0.604. The largest absolute Gasteiger partial charge is 0.481 e. The van der Waals surface area contributed by atoms with E-state index >= 15 is 0 Å². The summed E-state index contributed by atoms with van der Waals surface area (Å²) in [6.45, 7) is 1.37. The Kier molecular flexibility index (Phi) is 5.01. The topological polar surface area (TPSA) is 83.7 Å². The molecule has 1 fully saturated rings. The van der Waals surface area contributed by atoms with Crippen LogP contribution in [0.5, 0.6) is 0 Å². The first-order chi connectivity index (χ1) is 9.97. The van der Waals surface area contributed by atoms with Gasteiger partial charge in [0, 0.05) is 30.6 Å². The van der Waals surface area contributed by atoms with Crippen LogP contribution in [0.25, 0.3) is 0 Å². The van der Waals surface area contributed by atoms with Gasteiger partial charge < -0.3 is 10.0 Å². The molecule has 1 aliphatic heterocycles. The van der Waals surface area contributed by atoms with E-state index in [9.17, 15) is 14.9 Å². The first kappa shape index (κ1) is 15.6. The number of nitrogens with zero attached hydrogens (tertiary/aromatic N) is 2. The van der Waals surface area contributed by atoms with E-state index in [1.165, 1.54) is 12.1 Å². The van der Waals surface area contributed by atoms with Crippen LogP contribution in [-0.2, 0) is 4.79 Å². The SMILES string of the molecule is O=C(O)CCC1CCN(c2cc(Cl)ccc2[N+](=O)[O-])CC1. The Morgan fingerprint density at radius 2 is 2.10 bits per heavy atom. The number of carboxylic acid groups (broad SMARTS) is 1. The number of nitro benzene ring substituents is 1. The Morgan fingerprint density at radius 3 is 2.67 bits per heavy atom. The molecule has 0 saturated carbocycles. The van der Waals surface area contributed by atoms with Crippen molar-refractivity contribution in [2.75, 3.05) is 18.0 Å². The van der Waals surface area contributed by atoms with Crippen LogP contribution in [-0.4, -0.2) is 29.1 Å². The zero-order chi connectivity index (χ0) is 15.4. The van der Waals surface area contributed by atoms with Crippen LogP contribution in [0.4, 0.5) is 11.4 Å². The van der Waals surface area contributed by atoms with E-state index in [-0.39, 0.29) is 12.1 Å². The molecule has 0 spiro atoms. The minimum atomic E-state index is -0.775. The summed E-state index contributed by atoms with van der Waals surface area (Å²) >= 11 is 5.94. The van der Waals surface area contributed by atoms with Gasteiger partial charge in [0.1, 0.15) is 5.69 Å². The van der Waals surface area contributed by atoms with E-state index in [0.29, 0.717) is 36.1 Å². The highest BCUT2D eigenvalue weighted by molar-refractivity contribution is 6.31. The van der Waals surface area contributed by atoms with Gasteiger partial charge in [0.15, 0.2) is 0 Å². The number of benzene rings is 1. The number of nitro groups is 1. The van der Waals surface area contributed by atoms with Crippen LogP contribution in [0, 0.1) is 16.0 Å². The normalized spacial score (nSPS) is 16.0. The molecule has 0 unspecified atom stereocenters. The smallest absolute Gasteiger partial charge is 0.303 e. The maximum Gasteiger partial charge on any atom is 0.303 e. The van der Waals surface area contributed by atoms with Crippen LogP contribution in [0.3, 0.4) is 0 Å². The van der Waals surface area contributed by atoms with Crippen molar-refractivity contribution in [3.63, 3.8) is 0 Å². The Balaban J connectivity index is 2.03. The van der Waals surface area contributed by atoms with Crippen LogP contribution in [0.2, 0.25) is 5.02 Å². The number of rotatable bonds is 5. The van der Waals surface area contributed by atoms with Crippen LogP contribution < -0.4 is 4.90 Å². The lowest BCUT2D eigenvalue weighted by molar-refractivity contribution is -0.384. The molecule has 1 N–H and O–H groups in total. The molecule has 1 aromatic carbocycles. The number of hydrogen-bond donors (Lipinski definition) is 1. The summed E-state index contributed by atoms with van der Waals surface area (Å²) in [5, 5.41) is 20.3. The van der Waals surface area contributed by atoms with Gasteiger partial charge in [0.05, 0.1) is 4.92 Å². The first-order valence-electron chi connectivity index (χ1n) is 6.88. The number of hydrogen-bond acceptors (Lipinski definition) is 4. The highest BCUT2D eigenvalue weighted by Gasteiger charge is 2.25. The third-order valence-electron chi connectivity index (χ3n) is 3.86. The van der Waals surface area contributed by atoms with Crippen molar-refractivity contribution < 1.29 is 14.8 Å². The third kappa shape index (κ3) is 4.07. The lowest BCUT2D eigenvalue weighted by Crippen LogP contribution is -2.34. The molecule has 1 aromatic rings. The predicted molar refractivity (Wildman–Crippen MR) is 79.9 cm³/mol. The van der Waals surface area contributed by atoms with Gasteiger partial charge in [-0.25, -0.2) is 0 Å². The van der Waals surface area contributed by atoms with Gasteiger partial charge in [-0.05, 0) is 37.3 Å². The maximum absolute atomic E-state index is 11.1. The molecular weight excluding hydrogens is 296 g/mol. The molecule has 0 aromatic heterocycles. The quantitative estimate of drug-likeness (QED) is 0.666. The van der Waals surface area contributed by atoms with Crippen molar-refractivity contribution in [2.24, 2.45) is 5.92 Å². The summed E-state index contributed by atoms with van der Waals surface area (Å²) in [4.78, 5) is 23.2. The summed E-state index contributed by atoms with van der Waals surface area (Å²) in [6.07, 6.45) is 2.54. The minimum Gasteiger partial charge on any atom is -0.481 e. The molecule has 0 aliphatic carbocycles. The number of piperidine rings is 1. The van der Waals surface area contributed by atoms with Crippen LogP contribution in [0.15, 0.2) is 18.2 Å². The van der Waals surface area contributed by atoms with Gasteiger partial charge in [-0.3, -0.25) is 14.9 Å². The Bertz CT molecular complexity index is 542. The number of aliphatic carboxylic acids is 1. The Morgan fingerprint density at radius 1 is 1.43 bits per heavy atom. The zero-order valence-corrected chi connectivity index (χ0v) is 12.3. The maximum atomic E-state index is 11.1. The molecule has 2 rings (SSSR count). The molecule has 1 aliphatic rings. The fourth-order valence-corrected chi connectivity index (χ4v) is 2.86. The van der Waals surface area contributed by atoms with Crippen molar-refractivity contribution in [3.8, 4) is 0 Å². The van der Waals surface area contributed by atoms with Crippen molar-refractivity contribution in [1.82, 2.24) is 0 Å². The van der Waals surface area contributed by atoms with Crippen molar-refractivity contribution in [3.05, 3.63) is 33.3 Å². The monoisotopic (exact) mass is 312 g/mol. The van der Waals surface area contributed by atoms with E-state index < -0.39 is 10.9 Å². The molecular formula is C14H17ClN2O4. The summed E-state index contributed by atoms with van der Waals surface area (Å²) < 4.78 is 0. The van der Waals surface area contributed by atoms with Crippen molar-refractivity contribution in [2.45, 2.75) is 25.7 Å². The second-order valence-corrected chi connectivity index (χ2v) is 5.69. The number of carboxylic acids is 1. The second-order valence-electron chi connectivity index (χ2n) is 5.25. The summed E-state index contributed by atoms with van der Waals surface area (Å²) in [6, 6.07) is 4.56. The molecule has 0 amide bonds. The molecule has 1 saturated heterocycles. The number of halogens is 1. The molecule has 0 radical (unpaired) electrons. The fraction of sp³-hybridized carbons (Fsp3) is 0.500. The second kappa shape index (κ2) is 6.76. The van der Waals surface area contributed by atoms with Crippen LogP contribution >= 0.6 is 11.6 Å². The summed E-state index contributed by atoms with van der Waals surface area (Å²) in [7, 11) is 0. The average molecular weight is 313 g/mol. The van der Waals surface area contributed by atoms with Crippen molar-refractivity contribution in [1.29, 1.82) is 0 Å². The lowest BCUT2D eigenvalue weighted by atomic mass is 9.92. The van der Waals surface area contributed by atoms with E-state index in [2.05, 4.69) is 0 Å². The van der Waals surface area contributed by atoms with Gasteiger partial charge in [-0.15, -0.1) is 0 Å². The first-order valence-corrected chi connectivity index (χ1v) is 7.26. The van der Waals surface area contributed by atoms with E-state index in [4.69, 9.17) is 16.7 Å². The molecule has 0 atom stereocenters. The zero-order valence-electron chi connectivity index (χ0n) is 11.5. The van der Waals surface area contributed by atoms with Gasteiger partial charge in [0.2, 0.25) is 0 Å². The van der Waals surface area contributed by atoms with Gasteiger partial charge >= 0.3 is 5.97 Å². The lowest BCUT2D eigenvalue weighted by Gasteiger charge is -2.33. The van der Waals surface area contributed by atoms with Gasteiger partial charge in [-0.2, -0.15) is 0 Å². The molecule has 21 heavy (non-hydrogen) atoms. The highest BCUT2D eigenvalue weighted by Crippen LogP contribution is 2.34. The molecule has 6 nitrogen and oxygen atoms in total. The standard InChI is InChI=1S/C14H17ClN2O4/c15-11-2-3-12(17(20)21)13(9-11)16-7-5-10(6-8-16)1-4-14(18)19/h2-3,9-10H,1,4-8H2,(H,18,19). The van der Waals surface area contributed by atoms with Crippen LogP contribution in [0.1, 0.15) is 25.7 Å². The molecule has 7 heteroatoms. The average Bonchev–Trinajstić information content (AvgIpc) is 2.45. The van der Waals surface area contributed by atoms with E-state index in [0.717, 1.165) is 12.8 Å². The summed E-state index contributed by atoms with van der Waals surface area (Å²) in [5.74, 6) is -0.404. The third-order valence-corrected chi connectivity index (χ3v) is 4.09. The minimum absolute atomic E-state index is 0.0587. The molecule has 1 heterocycles. The number of carbonyl (C=O) groups is 1. The Hall–Kier alpha value is -1.82. The number of anilines is 1. The van der Waals surface area contributed by atoms with Gasteiger partial charge in [0.25, 0.3) is 5.69 Å². The van der Waals surface area contributed by atoms with E-state index in [1.54, 1.807) is 6.07 Å². The molecule has 114 valence electrons.